The van der Waals surface area contributed by atoms with Crippen LogP contribution in [0.25, 0.3) is 0 Å². The summed E-state index contributed by atoms with van der Waals surface area (Å²) >= 11 is 7.52. The lowest BCUT2D eigenvalue weighted by Crippen LogP contribution is -2.29. The first kappa shape index (κ1) is 13.9. The van der Waals surface area contributed by atoms with Gasteiger partial charge < -0.3 is 10.6 Å². The topological polar surface area (TPSA) is 46.3 Å². The summed E-state index contributed by atoms with van der Waals surface area (Å²) in [6, 6.07) is 9.17. The summed E-state index contributed by atoms with van der Waals surface area (Å²) in [5.74, 6) is -0.0834. The van der Waals surface area contributed by atoms with E-state index >= 15 is 0 Å². The Hall–Kier alpha value is -1.52. The van der Waals surface area contributed by atoms with E-state index in [1.165, 1.54) is 11.3 Å². The van der Waals surface area contributed by atoms with Crippen LogP contribution in [-0.4, -0.2) is 17.9 Å². The number of thiophene rings is 1. The van der Waals surface area contributed by atoms with Crippen molar-refractivity contribution < 1.29 is 4.79 Å². The van der Waals surface area contributed by atoms with E-state index in [1.807, 2.05) is 36.6 Å². The van der Waals surface area contributed by atoms with Gasteiger partial charge in [-0.3, -0.25) is 4.79 Å². The Morgan fingerprint density at radius 3 is 2.63 bits per heavy atom. The number of amides is 1. The number of nitrogens with two attached hydrogens (primary N) is 1. The number of carbonyl (C=O) groups excluding carboxylic acids is 1. The lowest BCUT2D eigenvalue weighted by molar-refractivity contribution is 0.0748. The molecule has 1 unspecified atom stereocenters. The highest BCUT2D eigenvalue weighted by atomic mass is 35.5. The third-order valence-electron chi connectivity index (χ3n) is 3.15. The predicted molar refractivity (Wildman–Crippen MR) is 80.7 cm³/mol. The summed E-state index contributed by atoms with van der Waals surface area (Å²) in [6.07, 6.45) is 0. The van der Waals surface area contributed by atoms with E-state index in [0.717, 1.165) is 5.56 Å². The summed E-state index contributed by atoms with van der Waals surface area (Å²) in [5.41, 5.74) is 7.23. The summed E-state index contributed by atoms with van der Waals surface area (Å²) in [6.45, 7) is 1.95. The van der Waals surface area contributed by atoms with Crippen molar-refractivity contribution >= 4 is 34.5 Å². The molecule has 1 atom stereocenters. The maximum absolute atomic E-state index is 12.4. The van der Waals surface area contributed by atoms with E-state index < -0.39 is 0 Å². The molecule has 0 spiro atoms. The number of anilines is 1. The summed E-state index contributed by atoms with van der Waals surface area (Å²) < 4.78 is 0. The van der Waals surface area contributed by atoms with Gasteiger partial charge in [-0.25, -0.2) is 0 Å². The second-order valence-electron chi connectivity index (χ2n) is 4.32. The minimum absolute atomic E-state index is 0.0834. The van der Waals surface area contributed by atoms with Crippen LogP contribution in [0.5, 0.6) is 0 Å². The number of benzene rings is 1. The van der Waals surface area contributed by atoms with Crippen LogP contribution in [0.1, 0.15) is 28.2 Å². The van der Waals surface area contributed by atoms with Gasteiger partial charge in [0.2, 0.25) is 0 Å². The van der Waals surface area contributed by atoms with Gasteiger partial charge in [-0.15, -0.1) is 11.3 Å². The smallest absolute Gasteiger partial charge is 0.266 e. The van der Waals surface area contributed by atoms with Gasteiger partial charge in [0, 0.05) is 12.1 Å². The van der Waals surface area contributed by atoms with Gasteiger partial charge in [0.25, 0.3) is 5.91 Å². The third-order valence-corrected chi connectivity index (χ3v) is 4.41. The molecule has 0 radical (unpaired) electrons. The molecular formula is C14H15ClN2OS. The normalized spacial score (nSPS) is 12.2. The van der Waals surface area contributed by atoms with Crippen LogP contribution in [0.15, 0.2) is 35.7 Å². The Labute approximate surface area is 121 Å². The van der Waals surface area contributed by atoms with Crippen LogP contribution in [0, 0.1) is 0 Å². The molecule has 2 aromatic rings. The van der Waals surface area contributed by atoms with Crippen molar-refractivity contribution in [2.45, 2.75) is 13.0 Å². The molecule has 0 aliphatic heterocycles. The van der Waals surface area contributed by atoms with Crippen LogP contribution in [0.4, 0.5) is 5.69 Å². The molecule has 0 saturated heterocycles. The lowest BCUT2D eigenvalue weighted by Gasteiger charge is -2.25. The van der Waals surface area contributed by atoms with Crippen molar-refractivity contribution in [1.82, 2.24) is 4.90 Å². The molecule has 2 rings (SSSR count). The summed E-state index contributed by atoms with van der Waals surface area (Å²) in [5, 5.41) is 2.48. The lowest BCUT2D eigenvalue weighted by atomic mass is 10.1. The number of nitrogens with zero attached hydrogens (tertiary/aromatic N) is 1. The molecule has 2 N–H and O–H groups in total. The average molecular weight is 295 g/mol. The van der Waals surface area contributed by atoms with E-state index in [4.69, 9.17) is 17.3 Å². The Balaban J connectivity index is 2.25. The molecule has 100 valence electrons. The number of rotatable bonds is 3. The van der Waals surface area contributed by atoms with E-state index in [0.29, 0.717) is 15.6 Å². The third kappa shape index (κ3) is 2.74. The van der Waals surface area contributed by atoms with Crippen LogP contribution in [0.2, 0.25) is 5.02 Å². The molecular weight excluding hydrogens is 280 g/mol. The molecule has 3 nitrogen and oxygen atoms in total. The number of halogens is 1. The zero-order chi connectivity index (χ0) is 14.0. The van der Waals surface area contributed by atoms with Crippen LogP contribution >= 0.6 is 22.9 Å². The van der Waals surface area contributed by atoms with Crippen molar-refractivity contribution in [1.29, 1.82) is 0 Å². The monoisotopic (exact) mass is 294 g/mol. The van der Waals surface area contributed by atoms with E-state index in [1.54, 1.807) is 18.0 Å². The first-order valence-electron chi connectivity index (χ1n) is 5.87. The minimum atomic E-state index is -0.109. The van der Waals surface area contributed by atoms with Gasteiger partial charge in [-0.1, -0.05) is 29.8 Å². The molecule has 1 heterocycles. The van der Waals surface area contributed by atoms with Crippen molar-refractivity contribution in [2.24, 2.45) is 0 Å². The second-order valence-corrected chi connectivity index (χ2v) is 5.64. The van der Waals surface area contributed by atoms with E-state index in [2.05, 4.69) is 0 Å². The Morgan fingerprint density at radius 2 is 2.05 bits per heavy atom. The van der Waals surface area contributed by atoms with Gasteiger partial charge >= 0.3 is 0 Å². The van der Waals surface area contributed by atoms with E-state index in [-0.39, 0.29) is 11.9 Å². The number of nitrogen functional groups attached to an aromatic ring is 1. The maximum Gasteiger partial charge on any atom is 0.266 e. The van der Waals surface area contributed by atoms with Crippen LogP contribution in [-0.2, 0) is 0 Å². The van der Waals surface area contributed by atoms with Crippen molar-refractivity contribution in [2.75, 3.05) is 12.8 Å². The SMILES string of the molecule is CC(c1ccccc1Cl)N(C)C(=O)c1sccc1N. The second kappa shape index (κ2) is 5.63. The van der Waals surface area contributed by atoms with Crippen molar-refractivity contribution in [3.05, 3.63) is 51.2 Å². The zero-order valence-electron chi connectivity index (χ0n) is 10.8. The largest absolute Gasteiger partial charge is 0.397 e. The fourth-order valence-electron chi connectivity index (χ4n) is 1.85. The number of hydrogen-bond acceptors (Lipinski definition) is 3. The molecule has 1 amide bonds. The zero-order valence-corrected chi connectivity index (χ0v) is 12.3. The minimum Gasteiger partial charge on any atom is -0.397 e. The molecule has 1 aromatic heterocycles. The van der Waals surface area contributed by atoms with Gasteiger partial charge in [-0.05, 0) is 30.0 Å². The molecule has 19 heavy (non-hydrogen) atoms. The molecule has 5 heteroatoms. The molecule has 0 fully saturated rings. The number of hydrogen-bond donors (Lipinski definition) is 1. The van der Waals surface area contributed by atoms with E-state index in [9.17, 15) is 4.79 Å². The summed E-state index contributed by atoms with van der Waals surface area (Å²) in [7, 11) is 1.76. The Bertz CT molecular complexity index is 597. The molecule has 0 aliphatic rings. The fourth-order valence-corrected chi connectivity index (χ4v) is 2.94. The van der Waals surface area contributed by atoms with Crippen molar-refractivity contribution in [3.63, 3.8) is 0 Å². The highest BCUT2D eigenvalue weighted by Crippen LogP contribution is 2.29. The fraction of sp³-hybridized carbons (Fsp3) is 0.214. The number of carbonyl (C=O) groups is 1. The predicted octanol–water partition coefficient (Wildman–Crippen LogP) is 3.82. The van der Waals surface area contributed by atoms with Crippen LogP contribution < -0.4 is 5.73 Å². The highest BCUT2D eigenvalue weighted by molar-refractivity contribution is 7.12. The van der Waals surface area contributed by atoms with Gasteiger partial charge in [0.05, 0.1) is 11.7 Å². The quantitative estimate of drug-likeness (QED) is 0.935. The molecule has 1 aromatic carbocycles. The molecule has 0 bridgehead atoms. The first-order chi connectivity index (χ1) is 9.02. The van der Waals surface area contributed by atoms with Gasteiger partial charge in [-0.2, -0.15) is 0 Å². The van der Waals surface area contributed by atoms with Gasteiger partial charge in [0.15, 0.2) is 0 Å². The maximum atomic E-state index is 12.4. The Morgan fingerprint density at radius 1 is 1.37 bits per heavy atom. The van der Waals surface area contributed by atoms with Gasteiger partial charge in [0.1, 0.15) is 4.88 Å². The summed E-state index contributed by atoms with van der Waals surface area (Å²) in [4.78, 5) is 14.6. The molecule has 0 saturated carbocycles. The molecule has 0 aliphatic carbocycles. The standard InChI is InChI=1S/C14H15ClN2OS/c1-9(10-5-3-4-6-11(10)15)17(2)14(18)13-12(16)7-8-19-13/h3-9H,16H2,1-2H3. The first-order valence-corrected chi connectivity index (χ1v) is 7.12. The van der Waals surface area contributed by atoms with Crippen molar-refractivity contribution in [3.8, 4) is 0 Å². The Kier molecular flexibility index (Phi) is 4.12. The highest BCUT2D eigenvalue weighted by Gasteiger charge is 2.22. The van der Waals surface area contributed by atoms with Crippen LogP contribution in [0.3, 0.4) is 0 Å². The average Bonchev–Trinajstić information content (AvgIpc) is 2.83.